The molecular formula is C27H37NO4S. The van der Waals surface area contributed by atoms with E-state index < -0.39 is 11.0 Å². The fourth-order valence-electron chi connectivity index (χ4n) is 5.31. The summed E-state index contributed by atoms with van der Waals surface area (Å²) >= 11 is 1.70. The number of carbonyl (C=O) groups is 2. The molecule has 2 aromatic rings. The number of cyclic esters (lactones) is 1. The molecule has 33 heavy (non-hydrogen) atoms. The third-order valence-corrected chi connectivity index (χ3v) is 8.77. The Bertz CT molecular complexity index is 1040. The highest BCUT2D eigenvalue weighted by Gasteiger charge is 2.66. The van der Waals surface area contributed by atoms with Crippen molar-refractivity contribution in [2.45, 2.75) is 97.2 Å². The number of ether oxygens (including phenoxy) is 2. The number of thiazole rings is 1. The average molecular weight is 472 g/mol. The molecule has 0 N–H and O–H groups in total. The lowest BCUT2D eigenvalue weighted by Gasteiger charge is -2.24. The van der Waals surface area contributed by atoms with Crippen molar-refractivity contribution in [2.75, 3.05) is 6.61 Å². The lowest BCUT2D eigenvalue weighted by molar-refractivity contribution is -0.145. The van der Waals surface area contributed by atoms with E-state index in [2.05, 4.69) is 37.0 Å². The van der Waals surface area contributed by atoms with E-state index in [1.54, 1.807) is 11.3 Å². The van der Waals surface area contributed by atoms with Crippen LogP contribution in [0.2, 0.25) is 0 Å². The number of benzene rings is 1. The number of carbonyl (C=O) groups excluding carboxylic acids is 2. The number of hydrogen-bond acceptors (Lipinski definition) is 6. The number of hydrogen-bond donors (Lipinski definition) is 0. The van der Waals surface area contributed by atoms with Gasteiger partial charge in [0.2, 0.25) is 0 Å². The van der Waals surface area contributed by atoms with Crippen LogP contribution < -0.4 is 0 Å². The standard InChI is InChI=1S/C27H37NO4S/c1-18-7-6-13-26(5)27(32-26,20-9-10-22-21(17-20)28-19(2)33-22)15-16-31-24(30)12-14-25(3,4)23(29)11-8-18/h9-10,17-18H,6-8,11-16H2,1-5H3. The van der Waals surface area contributed by atoms with Crippen LogP contribution in [0.1, 0.15) is 89.6 Å². The summed E-state index contributed by atoms with van der Waals surface area (Å²) in [7, 11) is 0. The lowest BCUT2D eigenvalue weighted by Crippen LogP contribution is -2.27. The van der Waals surface area contributed by atoms with Gasteiger partial charge in [0.1, 0.15) is 11.4 Å². The van der Waals surface area contributed by atoms with Gasteiger partial charge in [-0.3, -0.25) is 9.59 Å². The summed E-state index contributed by atoms with van der Waals surface area (Å²) in [4.78, 5) is 29.8. The summed E-state index contributed by atoms with van der Waals surface area (Å²) in [5.74, 6) is 0.506. The van der Waals surface area contributed by atoms with Crippen LogP contribution in [0, 0.1) is 18.3 Å². The van der Waals surface area contributed by atoms with Gasteiger partial charge in [-0.2, -0.15) is 0 Å². The molecule has 0 amide bonds. The van der Waals surface area contributed by atoms with E-state index in [0.29, 0.717) is 31.8 Å². The number of fused-ring (bicyclic) bond motifs is 2. The molecule has 3 atom stereocenters. The van der Waals surface area contributed by atoms with Crippen molar-refractivity contribution >= 4 is 33.3 Å². The zero-order valence-corrected chi connectivity index (χ0v) is 21.5. The maximum absolute atomic E-state index is 12.7. The van der Waals surface area contributed by atoms with Gasteiger partial charge in [-0.25, -0.2) is 4.98 Å². The highest BCUT2D eigenvalue weighted by molar-refractivity contribution is 7.18. The summed E-state index contributed by atoms with van der Waals surface area (Å²) in [5, 5.41) is 1.06. The van der Waals surface area contributed by atoms with Crippen molar-refractivity contribution < 1.29 is 19.1 Å². The highest BCUT2D eigenvalue weighted by atomic mass is 32.1. The molecule has 2 aliphatic heterocycles. The zero-order valence-electron chi connectivity index (χ0n) is 20.7. The van der Waals surface area contributed by atoms with Gasteiger partial charge in [0.15, 0.2) is 0 Å². The molecule has 0 aliphatic carbocycles. The monoisotopic (exact) mass is 471 g/mol. The minimum atomic E-state index is -0.490. The summed E-state index contributed by atoms with van der Waals surface area (Å²) < 4.78 is 13.3. The Morgan fingerprint density at radius 3 is 2.64 bits per heavy atom. The first kappa shape index (κ1) is 24.3. The molecule has 0 bridgehead atoms. The Labute approximate surface area is 201 Å². The summed E-state index contributed by atoms with van der Waals surface area (Å²) in [5.41, 5.74) is 0.907. The molecule has 0 spiro atoms. The van der Waals surface area contributed by atoms with Crippen LogP contribution >= 0.6 is 11.3 Å². The Hall–Kier alpha value is -1.79. The van der Waals surface area contributed by atoms with Crippen molar-refractivity contribution in [2.24, 2.45) is 11.3 Å². The molecule has 6 heteroatoms. The number of epoxide rings is 1. The van der Waals surface area contributed by atoms with Gasteiger partial charge in [0.25, 0.3) is 0 Å². The second kappa shape index (κ2) is 9.10. The van der Waals surface area contributed by atoms with Crippen molar-refractivity contribution in [3.8, 4) is 0 Å². The first-order chi connectivity index (χ1) is 15.5. The topological polar surface area (TPSA) is 68.8 Å². The minimum absolute atomic E-state index is 0.237. The second-order valence-corrected chi connectivity index (χ2v) is 12.1. The maximum Gasteiger partial charge on any atom is 0.305 e. The molecule has 4 rings (SSSR count). The van der Waals surface area contributed by atoms with Crippen LogP contribution in [0.3, 0.4) is 0 Å². The van der Waals surface area contributed by atoms with Crippen LogP contribution in [0.4, 0.5) is 0 Å². The minimum Gasteiger partial charge on any atom is -0.466 e. The predicted molar refractivity (Wildman–Crippen MR) is 131 cm³/mol. The largest absolute Gasteiger partial charge is 0.466 e. The van der Waals surface area contributed by atoms with E-state index in [-0.39, 0.29) is 23.8 Å². The van der Waals surface area contributed by atoms with E-state index in [0.717, 1.165) is 41.8 Å². The van der Waals surface area contributed by atoms with Crippen molar-refractivity contribution in [1.82, 2.24) is 4.98 Å². The van der Waals surface area contributed by atoms with E-state index in [1.807, 2.05) is 20.8 Å². The molecule has 2 saturated heterocycles. The Kier molecular flexibility index (Phi) is 6.71. The molecular weight excluding hydrogens is 434 g/mol. The Morgan fingerprint density at radius 2 is 1.85 bits per heavy atom. The molecule has 0 radical (unpaired) electrons. The van der Waals surface area contributed by atoms with Crippen LogP contribution in [0.5, 0.6) is 0 Å². The number of ketones is 1. The number of Topliss-reactive ketones (excluding diaryl/α,β-unsaturated/α-hetero) is 1. The molecule has 3 heterocycles. The number of aromatic nitrogens is 1. The van der Waals surface area contributed by atoms with E-state index >= 15 is 0 Å². The quantitative estimate of drug-likeness (QED) is 0.351. The molecule has 1 aromatic carbocycles. The van der Waals surface area contributed by atoms with Gasteiger partial charge in [-0.15, -0.1) is 11.3 Å². The first-order valence-electron chi connectivity index (χ1n) is 12.3. The number of nitrogens with zero attached hydrogens (tertiary/aromatic N) is 1. The van der Waals surface area contributed by atoms with Gasteiger partial charge in [0.05, 0.1) is 27.4 Å². The maximum atomic E-state index is 12.7. The van der Waals surface area contributed by atoms with E-state index in [1.165, 1.54) is 4.70 Å². The van der Waals surface area contributed by atoms with E-state index in [4.69, 9.17) is 9.47 Å². The summed E-state index contributed by atoms with van der Waals surface area (Å²) in [6.45, 7) is 10.7. The smallest absolute Gasteiger partial charge is 0.305 e. The molecule has 180 valence electrons. The lowest BCUT2D eigenvalue weighted by atomic mass is 9.79. The Morgan fingerprint density at radius 1 is 1.06 bits per heavy atom. The van der Waals surface area contributed by atoms with Crippen LogP contribution in [0.15, 0.2) is 18.2 Å². The normalized spacial score (nSPS) is 31.7. The third kappa shape index (κ3) is 5.02. The van der Waals surface area contributed by atoms with Crippen molar-refractivity contribution in [3.63, 3.8) is 0 Å². The molecule has 2 fully saturated rings. The number of rotatable bonds is 1. The fraction of sp³-hybridized carbons (Fsp3) is 0.667. The van der Waals surface area contributed by atoms with Gasteiger partial charge >= 0.3 is 5.97 Å². The molecule has 3 unspecified atom stereocenters. The molecule has 5 nitrogen and oxygen atoms in total. The van der Waals surface area contributed by atoms with Gasteiger partial charge in [-0.05, 0) is 56.7 Å². The fourth-order valence-corrected chi connectivity index (χ4v) is 6.12. The van der Waals surface area contributed by atoms with Crippen molar-refractivity contribution in [3.05, 3.63) is 28.8 Å². The van der Waals surface area contributed by atoms with E-state index in [9.17, 15) is 9.59 Å². The van der Waals surface area contributed by atoms with Gasteiger partial charge < -0.3 is 9.47 Å². The first-order valence-corrected chi connectivity index (χ1v) is 13.1. The molecule has 1 aromatic heterocycles. The van der Waals surface area contributed by atoms with Gasteiger partial charge in [-0.1, -0.05) is 39.7 Å². The zero-order chi connectivity index (χ0) is 23.9. The highest BCUT2D eigenvalue weighted by Crippen LogP contribution is 2.60. The number of esters is 1. The third-order valence-electron chi connectivity index (χ3n) is 7.81. The van der Waals surface area contributed by atoms with Gasteiger partial charge in [0, 0.05) is 24.7 Å². The molecule has 2 aliphatic rings. The number of aryl methyl sites for hydroxylation is 1. The van der Waals surface area contributed by atoms with Crippen LogP contribution in [0.25, 0.3) is 10.2 Å². The summed E-state index contributed by atoms with van der Waals surface area (Å²) in [6, 6.07) is 6.45. The second-order valence-electron chi connectivity index (χ2n) is 10.9. The predicted octanol–water partition coefficient (Wildman–Crippen LogP) is 6.50. The van der Waals surface area contributed by atoms with Crippen LogP contribution in [-0.2, 0) is 24.7 Å². The summed E-state index contributed by atoms with van der Waals surface area (Å²) in [6.07, 6.45) is 5.97. The Balaban J connectivity index is 1.55. The average Bonchev–Trinajstić information content (AvgIpc) is 3.16. The molecule has 0 saturated carbocycles. The SMILES string of the molecule is Cc1nc2cc(C34CCOC(=O)CCC(C)(C)C(=O)CCC(C)CCCC3(C)O4)ccc2s1. The van der Waals surface area contributed by atoms with Crippen molar-refractivity contribution in [1.29, 1.82) is 0 Å². The van der Waals surface area contributed by atoms with Crippen LogP contribution in [-0.4, -0.2) is 28.9 Å².